The fourth-order valence-electron chi connectivity index (χ4n) is 2.39. The summed E-state index contributed by atoms with van der Waals surface area (Å²) in [7, 11) is 0. The summed E-state index contributed by atoms with van der Waals surface area (Å²) in [5.41, 5.74) is -0.399. The van der Waals surface area contributed by atoms with E-state index in [2.05, 4.69) is 5.32 Å². The molecule has 0 spiro atoms. The number of hydrogen-bond donors (Lipinski definition) is 2. The minimum Gasteiger partial charge on any atom is -0.548 e. The SMILES string of the molecule is CC(C)(C)OC(=O)N[C@H](C(=O)[O-])[C@H](O)c1cccc2ccccc12. The normalized spacial score (nSPS) is 14.0. The number of carbonyl (C=O) groups is 2. The van der Waals surface area contributed by atoms with Crippen LogP contribution in [0.25, 0.3) is 10.8 Å². The van der Waals surface area contributed by atoms with E-state index >= 15 is 0 Å². The summed E-state index contributed by atoms with van der Waals surface area (Å²) in [4.78, 5) is 23.2. The highest BCUT2D eigenvalue weighted by Crippen LogP contribution is 2.26. The lowest BCUT2D eigenvalue weighted by molar-refractivity contribution is -0.310. The molecule has 0 aliphatic carbocycles. The summed E-state index contributed by atoms with van der Waals surface area (Å²) < 4.78 is 5.04. The Morgan fingerprint density at radius 2 is 1.75 bits per heavy atom. The van der Waals surface area contributed by atoms with Crippen molar-refractivity contribution in [2.45, 2.75) is 38.5 Å². The molecule has 0 unspecified atom stereocenters. The lowest BCUT2D eigenvalue weighted by atomic mass is 9.96. The molecule has 128 valence electrons. The first-order chi connectivity index (χ1) is 11.2. The average molecular weight is 330 g/mol. The van der Waals surface area contributed by atoms with E-state index in [0.29, 0.717) is 10.9 Å². The van der Waals surface area contributed by atoms with E-state index in [1.165, 1.54) is 0 Å². The Hall–Kier alpha value is -2.60. The van der Waals surface area contributed by atoms with Gasteiger partial charge in [0.05, 0.1) is 5.97 Å². The first kappa shape index (κ1) is 17.7. The number of nitrogens with one attached hydrogen (secondary N) is 1. The first-order valence-electron chi connectivity index (χ1n) is 7.55. The van der Waals surface area contributed by atoms with E-state index in [4.69, 9.17) is 4.74 Å². The summed E-state index contributed by atoms with van der Waals surface area (Å²) >= 11 is 0. The first-order valence-corrected chi connectivity index (χ1v) is 7.55. The molecule has 0 aliphatic heterocycles. The lowest BCUT2D eigenvalue weighted by Crippen LogP contribution is -2.52. The number of rotatable bonds is 4. The number of aliphatic hydroxyl groups is 1. The monoisotopic (exact) mass is 330 g/mol. The number of amides is 1. The summed E-state index contributed by atoms with van der Waals surface area (Å²) in [6.45, 7) is 4.96. The highest BCUT2D eigenvalue weighted by atomic mass is 16.6. The zero-order chi connectivity index (χ0) is 17.9. The highest BCUT2D eigenvalue weighted by molar-refractivity contribution is 5.87. The Balaban J connectivity index is 2.30. The van der Waals surface area contributed by atoms with Gasteiger partial charge in [-0.3, -0.25) is 0 Å². The maximum atomic E-state index is 11.8. The van der Waals surface area contributed by atoms with Crippen LogP contribution >= 0.6 is 0 Å². The number of hydrogen-bond acceptors (Lipinski definition) is 5. The zero-order valence-electron chi connectivity index (χ0n) is 13.8. The van der Waals surface area contributed by atoms with Crippen LogP contribution in [0.15, 0.2) is 42.5 Å². The van der Waals surface area contributed by atoms with Crippen LogP contribution in [-0.2, 0) is 9.53 Å². The topological polar surface area (TPSA) is 98.7 Å². The molecule has 6 nitrogen and oxygen atoms in total. The second-order valence-electron chi connectivity index (χ2n) is 6.46. The fourth-order valence-corrected chi connectivity index (χ4v) is 2.39. The van der Waals surface area contributed by atoms with E-state index in [0.717, 1.165) is 5.39 Å². The smallest absolute Gasteiger partial charge is 0.408 e. The Morgan fingerprint density at radius 3 is 2.38 bits per heavy atom. The summed E-state index contributed by atoms with van der Waals surface area (Å²) in [6.07, 6.45) is -2.41. The van der Waals surface area contributed by atoms with E-state index in [1.807, 2.05) is 18.2 Å². The summed E-state index contributed by atoms with van der Waals surface area (Å²) in [5, 5.41) is 25.6. The van der Waals surface area contributed by atoms with Crippen LogP contribution in [0, 0.1) is 0 Å². The number of benzene rings is 2. The van der Waals surface area contributed by atoms with Gasteiger partial charge in [0, 0.05) is 0 Å². The summed E-state index contributed by atoms with van der Waals surface area (Å²) in [6, 6.07) is 10.8. The quantitative estimate of drug-likeness (QED) is 0.885. The van der Waals surface area contributed by atoms with Gasteiger partial charge in [-0.25, -0.2) is 4.79 Å². The fraction of sp³-hybridized carbons (Fsp3) is 0.333. The molecule has 2 N–H and O–H groups in total. The predicted octanol–water partition coefficient (Wildman–Crippen LogP) is 1.52. The number of carboxylic acid groups (broad SMARTS) is 1. The molecule has 24 heavy (non-hydrogen) atoms. The van der Waals surface area contributed by atoms with Gasteiger partial charge in [0.1, 0.15) is 17.7 Å². The van der Waals surface area contributed by atoms with E-state index in [-0.39, 0.29) is 0 Å². The Morgan fingerprint density at radius 1 is 1.12 bits per heavy atom. The number of aliphatic carboxylic acids is 1. The van der Waals surface area contributed by atoms with Crippen LogP contribution in [0.1, 0.15) is 32.4 Å². The second-order valence-corrected chi connectivity index (χ2v) is 6.46. The maximum Gasteiger partial charge on any atom is 0.408 e. The number of ether oxygens (including phenoxy) is 1. The van der Waals surface area contributed by atoms with Gasteiger partial charge in [-0.1, -0.05) is 42.5 Å². The van der Waals surface area contributed by atoms with Crippen molar-refractivity contribution in [2.24, 2.45) is 0 Å². The number of alkyl carbamates (subject to hydrolysis) is 1. The van der Waals surface area contributed by atoms with Gasteiger partial charge in [0.2, 0.25) is 0 Å². The molecular formula is C18H20NO5-. The minimum atomic E-state index is -1.63. The van der Waals surface area contributed by atoms with Crippen molar-refractivity contribution in [2.75, 3.05) is 0 Å². The molecule has 6 heteroatoms. The van der Waals surface area contributed by atoms with Crippen molar-refractivity contribution in [3.8, 4) is 0 Å². The molecule has 0 aromatic heterocycles. The van der Waals surface area contributed by atoms with Crippen LogP contribution in [0.5, 0.6) is 0 Å². The maximum absolute atomic E-state index is 11.8. The molecule has 0 radical (unpaired) electrons. The molecule has 0 heterocycles. The summed E-state index contributed by atoms with van der Waals surface area (Å²) in [5.74, 6) is -1.60. The predicted molar refractivity (Wildman–Crippen MR) is 87.1 cm³/mol. The third kappa shape index (κ3) is 4.23. The molecule has 0 saturated carbocycles. The van der Waals surface area contributed by atoms with Gasteiger partial charge in [0.15, 0.2) is 0 Å². The van der Waals surface area contributed by atoms with Crippen molar-refractivity contribution < 1.29 is 24.5 Å². The van der Waals surface area contributed by atoms with Gasteiger partial charge in [-0.2, -0.15) is 0 Å². The lowest BCUT2D eigenvalue weighted by Gasteiger charge is -2.28. The van der Waals surface area contributed by atoms with E-state index < -0.39 is 29.8 Å². The number of aliphatic hydroxyl groups excluding tert-OH is 1. The molecule has 2 rings (SSSR count). The molecule has 2 atom stereocenters. The van der Waals surface area contributed by atoms with Gasteiger partial charge in [0.25, 0.3) is 0 Å². The van der Waals surface area contributed by atoms with Gasteiger partial charge >= 0.3 is 6.09 Å². The third-order valence-electron chi connectivity index (χ3n) is 3.38. The molecule has 2 aromatic carbocycles. The average Bonchev–Trinajstić information content (AvgIpc) is 2.49. The van der Waals surface area contributed by atoms with Crippen LogP contribution in [0.2, 0.25) is 0 Å². The van der Waals surface area contributed by atoms with Crippen LogP contribution in [0.3, 0.4) is 0 Å². The minimum absolute atomic E-state index is 0.387. The van der Waals surface area contributed by atoms with E-state index in [9.17, 15) is 19.8 Å². The van der Waals surface area contributed by atoms with Gasteiger partial charge in [-0.15, -0.1) is 0 Å². The largest absolute Gasteiger partial charge is 0.548 e. The molecule has 0 saturated heterocycles. The standard InChI is InChI=1S/C18H21NO5/c1-18(2,3)24-17(23)19-14(16(21)22)15(20)13-10-6-8-11-7-4-5-9-12(11)13/h4-10,14-15,20H,1-3H3,(H,19,23)(H,21,22)/p-1/t14-,15+/m0/s1. The molecule has 1 amide bonds. The zero-order valence-corrected chi connectivity index (χ0v) is 13.8. The second kappa shape index (κ2) is 6.88. The molecule has 0 bridgehead atoms. The number of carboxylic acids is 1. The van der Waals surface area contributed by atoms with Crippen molar-refractivity contribution in [3.63, 3.8) is 0 Å². The Labute approximate surface area is 140 Å². The molecular weight excluding hydrogens is 310 g/mol. The molecule has 2 aromatic rings. The van der Waals surface area contributed by atoms with Crippen molar-refractivity contribution in [1.82, 2.24) is 5.32 Å². The van der Waals surface area contributed by atoms with Gasteiger partial charge < -0.3 is 25.1 Å². The Bertz CT molecular complexity index is 745. The Kier molecular flexibility index (Phi) is 5.09. The molecule has 0 fully saturated rings. The van der Waals surface area contributed by atoms with Crippen LogP contribution < -0.4 is 10.4 Å². The van der Waals surface area contributed by atoms with Crippen LogP contribution in [-0.4, -0.2) is 28.8 Å². The van der Waals surface area contributed by atoms with Crippen molar-refractivity contribution >= 4 is 22.8 Å². The molecule has 0 aliphatic rings. The third-order valence-corrected chi connectivity index (χ3v) is 3.38. The van der Waals surface area contributed by atoms with Crippen molar-refractivity contribution in [3.05, 3.63) is 48.0 Å². The van der Waals surface area contributed by atoms with Gasteiger partial charge in [-0.05, 0) is 37.1 Å². The number of carbonyl (C=O) groups excluding carboxylic acids is 2. The van der Waals surface area contributed by atoms with Crippen LogP contribution in [0.4, 0.5) is 4.79 Å². The van der Waals surface area contributed by atoms with E-state index in [1.54, 1.807) is 45.0 Å². The highest BCUT2D eigenvalue weighted by Gasteiger charge is 2.27. The number of fused-ring (bicyclic) bond motifs is 1. The van der Waals surface area contributed by atoms with Crippen molar-refractivity contribution in [1.29, 1.82) is 0 Å².